The number of aryl methyl sites for hydroxylation is 1. The minimum atomic E-state index is 0. The van der Waals surface area contributed by atoms with Crippen molar-refractivity contribution >= 4 is 12.4 Å². The molecule has 4 atom stereocenters. The van der Waals surface area contributed by atoms with Crippen LogP contribution in [0.5, 0.6) is 5.75 Å². The molecule has 3 heteroatoms. The number of aromatic hydroxyl groups is 1. The molecule has 1 fully saturated rings. The van der Waals surface area contributed by atoms with Gasteiger partial charge < -0.3 is 10.4 Å². The summed E-state index contributed by atoms with van der Waals surface area (Å²) in [6.45, 7) is 6.66. The van der Waals surface area contributed by atoms with E-state index in [2.05, 4.69) is 39.2 Å². The zero-order chi connectivity index (χ0) is 15.1. The zero-order valence-corrected chi connectivity index (χ0v) is 15.1. The third-order valence-electron chi connectivity index (χ3n) is 6.00. The fourth-order valence-corrected chi connectivity index (χ4v) is 4.77. The predicted octanol–water partition coefficient (Wildman–Crippen LogP) is 5.18. The van der Waals surface area contributed by atoms with Gasteiger partial charge in [-0.15, -0.1) is 12.4 Å². The molecule has 1 aromatic rings. The fourth-order valence-electron chi connectivity index (χ4n) is 4.77. The van der Waals surface area contributed by atoms with Crippen molar-refractivity contribution in [3.05, 3.63) is 28.3 Å². The molecule has 3 rings (SSSR count). The average Bonchev–Trinajstić information content (AvgIpc) is 2.85. The Kier molecular flexibility index (Phi) is 5.45. The van der Waals surface area contributed by atoms with E-state index in [4.69, 9.17) is 0 Å². The molecule has 0 aromatic heterocycles. The number of fused-ring (bicyclic) bond motifs is 3. The molecule has 0 heterocycles. The van der Waals surface area contributed by atoms with E-state index in [-0.39, 0.29) is 12.4 Å². The van der Waals surface area contributed by atoms with Crippen molar-refractivity contribution in [3.63, 3.8) is 0 Å². The van der Waals surface area contributed by atoms with Crippen molar-refractivity contribution in [3.8, 4) is 5.75 Å². The first-order valence-corrected chi connectivity index (χ1v) is 8.63. The molecule has 0 saturated heterocycles. The Hall–Kier alpha value is -0.730. The zero-order valence-electron chi connectivity index (χ0n) is 14.3. The van der Waals surface area contributed by atoms with Crippen molar-refractivity contribution < 1.29 is 5.11 Å². The first-order chi connectivity index (χ1) is 10.1. The summed E-state index contributed by atoms with van der Waals surface area (Å²) >= 11 is 0. The molecule has 0 radical (unpaired) electrons. The third kappa shape index (κ3) is 2.55. The molecule has 0 bridgehead atoms. The van der Waals surface area contributed by atoms with Gasteiger partial charge in [-0.25, -0.2) is 0 Å². The summed E-state index contributed by atoms with van der Waals surface area (Å²) in [4.78, 5) is 0. The maximum absolute atomic E-state index is 10.9. The van der Waals surface area contributed by atoms with Crippen LogP contribution in [0.2, 0.25) is 0 Å². The molecule has 4 unspecified atom stereocenters. The quantitative estimate of drug-likeness (QED) is 0.803. The van der Waals surface area contributed by atoms with Crippen molar-refractivity contribution in [1.82, 2.24) is 5.32 Å². The molecule has 1 aromatic carbocycles. The van der Waals surface area contributed by atoms with Gasteiger partial charge in [0.2, 0.25) is 0 Å². The Balaban J connectivity index is 0.00000176. The molecule has 0 spiro atoms. The van der Waals surface area contributed by atoms with Crippen LogP contribution in [0.3, 0.4) is 0 Å². The van der Waals surface area contributed by atoms with E-state index in [0.717, 1.165) is 12.0 Å². The Morgan fingerprint density at radius 2 is 1.95 bits per heavy atom. The summed E-state index contributed by atoms with van der Waals surface area (Å²) in [5, 5.41) is 14.5. The van der Waals surface area contributed by atoms with Gasteiger partial charge >= 0.3 is 0 Å². The molecule has 22 heavy (non-hydrogen) atoms. The number of rotatable bonds is 3. The van der Waals surface area contributed by atoms with E-state index in [9.17, 15) is 5.11 Å². The summed E-state index contributed by atoms with van der Waals surface area (Å²) < 4.78 is 0. The van der Waals surface area contributed by atoms with E-state index in [0.29, 0.717) is 29.5 Å². The van der Waals surface area contributed by atoms with Gasteiger partial charge in [-0.05, 0) is 67.7 Å². The van der Waals surface area contributed by atoms with Crippen LogP contribution in [-0.4, -0.2) is 12.2 Å². The van der Waals surface area contributed by atoms with Crippen LogP contribution in [0.1, 0.15) is 86.1 Å². The summed E-state index contributed by atoms with van der Waals surface area (Å²) in [5.74, 6) is 2.34. The molecule has 0 aliphatic heterocycles. The minimum absolute atomic E-state index is 0. The Morgan fingerprint density at radius 1 is 1.27 bits per heavy atom. The molecule has 2 aliphatic rings. The SMILES string of the molecule is CCC(C)c1cc(C)c2c(c1O)C(NC)C1CCCCC21.Cl. The Morgan fingerprint density at radius 3 is 2.59 bits per heavy atom. The predicted molar refractivity (Wildman–Crippen MR) is 95.3 cm³/mol. The maximum atomic E-state index is 10.9. The number of hydrogen-bond acceptors (Lipinski definition) is 2. The first kappa shape index (κ1) is 17.6. The lowest BCUT2D eigenvalue weighted by Gasteiger charge is -2.29. The average molecular weight is 324 g/mol. The van der Waals surface area contributed by atoms with Crippen LogP contribution >= 0.6 is 12.4 Å². The molecule has 124 valence electrons. The van der Waals surface area contributed by atoms with Gasteiger partial charge in [0.15, 0.2) is 0 Å². The van der Waals surface area contributed by atoms with Crippen LogP contribution in [0.15, 0.2) is 6.07 Å². The van der Waals surface area contributed by atoms with E-state index in [1.807, 2.05) is 0 Å². The molecular formula is C19H30ClNO. The first-order valence-electron chi connectivity index (χ1n) is 8.63. The second-order valence-electron chi connectivity index (χ2n) is 7.09. The van der Waals surface area contributed by atoms with Gasteiger partial charge in [-0.2, -0.15) is 0 Å². The lowest BCUT2D eigenvalue weighted by molar-refractivity contribution is 0.269. The number of phenolic OH excluding ortho intramolecular Hbond substituents is 1. The largest absolute Gasteiger partial charge is 0.507 e. The van der Waals surface area contributed by atoms with Gasteiger partial charge in [0.1, 0.15) is 5.75 Å². The van der Waals surface area contributed by atoms with Crippen LogP contribution in [-0.2, 0) is 0 Å². The molecule has 0 amide bonds. The van der Waals surface area contributed by atoms with Crippen molar-refractivity contribution in [2.45, 2.75) is 70.8 Å². The fraction of sp³-hybridized carbons (Fsp3) is 0.684. The standard InChI is InChI=1S/C19H29NO.ClH/c1-5-11(2)15-10-12(3)16-13-8-6-7-9-14(13)18(20-4)17(16)19(15)21;/h10-11,13-14,18,20-21H,5-9H2,1-4H3;1H. The van der Waals surface area contributed by atoms with E-state index in [1.54, 1.807) is 0 Å². The highest BCUT2D eigenvalue weighted by Gasteiger charge is 2.44. The molecule has 2 nitrogen and oxygen atoms in total. The summed E-state index contributed by atoms with van der Waals surface area (Å²) in [6, 6.07) is 2.60. The van der Waals surface area contributed by atoms with Gasteiger partial charge in [0.25, 0.3) is 0 Å². The van der Waals surface area contributed by atoms with Crippen molar-refractivity contribution in [2.75, 3.05) is 7.05 Å². The second kappa shape index (κ2) is 6.80. The number of hydrogen-bond donors (Lipinski definition) is 2. The van der Waals surface area contributed by atoms with Crippen molar-refractivity contribution in [1.29, 1.82) is 0 Å². The second-order valence-corrected chi connectivity index (χ2v) is 7.09. The number of halogens is 1. The van der Waals surface area contributed by atoms with Crippen LogP contribution in [0.4, 0.5) is 0 Å². The van der Waals surface area contributed by atoms with Crippen LogP contribution in [0, 0.1) is 12.8 Å². The highest BCUT2D eigenvalue weighted by molar-refractivity contribution is 5.85. The monoisotopic (exact) mass is 323 g/mol. The highest BCUT2D eigenvalue weighted by atomic mass is 35.5. The Labute approximate surface area is 141 Å². The lowest BCUT2D eigenvalue weighted by atomic mass is 9.77. The molecule has 2 aliphatic carbocycles. The van der Waals surface area contributed by atoms with E-state index < -0.39 is 0 Å². The van der Waals surface area contributed by atoms with Gasteiger partial charge in [0, 0.05) is 11.6 Å². The number of phenols is 1. The normalized spacial score (nSPS) is 27.7. The van der Waals surface area contributed by atoms with Gasteiger partial charge in [0.05, 0.1) is 0 Å². The van der Waals surface area contributed by atoms with Crippen LogP contribution in [0.25, 0.3) is 0 Å². The molecule has 1 saturated carbocycles. The molecule has 2 N–H and O–H groups in total. The van der Waals surface area contributed by atoms with E-state index >= 15 is 0 Å². The Bertz CT molecular complexity index is 543. The highest BCUT2D eigenvalue weighted by Crippen LogP contribution is 2.56. The van der Waals surface area contributed by atoms with Gasteiger partial charge in [-0.3, -0.25) is 0 Å². The number of benzene rings is 1. The van der Waals surface area contributed by atoms with Crippen LogP contribution < -0.4 is 5.32 Å². The van der Waals surface area contributed by atoms with Crippen molar-refractivity contribution in [2.24, 2.45) is 5.92 Å². The third-order valence-corrected chi connectivity index (χ3v) is 6.00. The van der Waals surface area contributed by atoms with Gasteiger partial charge in [-0.1, -0.05) is 32.8 Å². The number of nitrogens with one attached hydrogen (secondary N) is 1. The summed E-state index contributed by atoms with van der Waals surface area (Å²) in [5.41, 5.74) is 5.23. The molecular weight excluding hydrogens is 294 g/mol. The lowest BCUT2D eigenvalue weighted by Crippen LogP contribution is -2.25. The smallest absolute Gasteiger partial charge is 0.124 e. The maximum Gasteiger partial charge on any atom is 0.124 e. The minimum Gasteiger partial charge on any atom is -0.507 e. The van der Waals surface area contributed by atoms with E-state index in [1.165, 1.54) is 42.4 Å². The topological polar surface area (TPSA) is 32.3 Å². The summed E-state index contributed by atoms with van der Waals surface area (Å²) in [7, 11) is 2.05. The summed E-state index contributed by atoms with van der Waals surface area (Å²) in [6.07, 6.45) is 6.33.